The minimum atomic E-state index is -3.30. The van der Waals surface area contributed by atoms with Crippen molar-refractivity contribution < 1.29 is 12.8 Å². The fraction of sp³-hybridized carbons (Fsp3) is 0.267. The lowest BCUT2D eigenvalue weighted by Crippen LogP contribution is -2.09. The van der Waals surface area contributed by atoms with Crippen LogP contribution in [0.3, 0.4) is 0 Å². The summed E-state index contributed by atoms with van der Waals surface area (Å²) in [6.07, 6.45) is 4.17. The van der Waals surface area contributed by atoms with Gasteiger partial charge in [0.2, 0.25) is 0 Å². The number of benzene rings is 1. The van der Waals surface area contributed by atoms with Gasteiger partial charge in [-0.25, -0.2) is 17.8 Å². The first-order valence-corrected chi connectivity index (χ1v) is 8.49. The van der Waals surface area contributed by atoms with Crippen molar-refractivity contribution in [3.05, 3.63) is 54.0 Å². The summed E-state index contributed by atoms with van der Waals surface area (Å²) in [7, 11) is -3.30. The van der Waals surface area contributed by atoms with E-state index in [-0.39, 0.29) is 10.7 Å². The molecule has 0 fully saturated rings. The standard InChI is InChI=1S/C15H17FN2O2S/c1-21(19,20)14-8-4-10-18-15(14)17-9-3-6-12-5-2-7-13(16)11-12/h2,4-5,7-8,10-11H,3,6,9H2,1H3,(H,17,18). The number of nitrogens with zero attached hydrogens (tertiary/aromatic N) is 1. The van der Waals surface area contributed by atoms with Crippen molar-refractivity contribution in [1.29, 1.82) is 0 Å². The Morgan fingerprint density at radius 3 is 2.76 bits per heavy atom. The molecule has 0 saturated heterocycles. The zero-order valence-electron chi connectivity index (χ0n) is 11.7. The average molecular weight is 308 g/mol. The predicted octanol–water partition coefficient (Wildman–Crippen LogP) is 2.67. The van der Waals surface area contributed by atoms with E-state index < -0.39 is 9.84 Å². The third-order valence-electron chi connectivity index (χ3n) is 2.99. The molecule has 21 heavy (non-hydrogen) atoms. The van der Waals surface area contributed by atoms with E-state index in [1.54, 1.807) is 18.3 Å². The van der Waals surface area contributed by atoms with Gasteiger partial charge in [0.25, 0.3) is 0 Å². The van der Waals surface area contributed by atoms with Gasteiger partial charge in [0.1, 0.15) is 16.5 Å². The molecule has 0 unspecified atom stereocenters. The number of halogens is 1. The Kier molecular flexibility index (Phi) is 4.90. The van der Waals surface area contributed by atoms with Gasteiger partial charge in [-0.15, -0.1) is 0 Å². The molecule has 0 amide bonds. The van der Waals surface area contributed by atoms with Gasteiger partial charge in [0.05, 0.1) is 0 Å². The van der Waals surface area contributed by atoms with E-state index in [4.69, 9.17) is 0 Å². The van der Waals surface area contributed by atoms with E-state index in [0.717, 1.165) is 18.2 Å². The van der Waals surface area contributed by atoms with Gasteiger partial charge in [-0.05, 0) is 42.7 Å². The zero-order valence-corrected chi connectivity index (χ0v) is 12.5. The van der Waals surface area contributed by atoms with Crippen LogP contribution in [0, 0.1) is 5.82 Å². The van der Waals surface area contributed by atoms with Crippen LogP contribution >= 0.6 is 0 Å². The monoisotopic (exact) mass is 308 g/mol. The molecule has 1 N–H and O–H groups in total. The van der Waals surface area contributed by atoms with Gasteiger partial charge < -0.3 is 5.32 Å². The first-order valence-electron chi connectivity index (χ1n) is 6.60. The Labute approximate surface area is 124 Å². The van der Waals surface area contributed by atoms with Crippen LogP contribution in [0.25, 0.3) is 0 Å². The van der Waals surface area contributed by atoms with Gasteiger partial charge in [0.15, 0.2) is 9.84 Å². The van der Waals surface area contributed by atoms with Gasteiger partial charge >= 0.3 is 0 Å². The van der Waals surface area contributed by atoms with Crippen LogP contribution in [0.2, 0.25) is 0 Å². The molecule has 0 spiro atoms. The Bertz CT molecular complexity index is 717. The third kappa shape index (κ3) is 4.53. The summed E-state index contributed by atoms with van der Waals surface area (Å²) in [6, 6.07) is 9.58. The van der Waals surface area contributed by atoms with E-state index in [1.807, 2.05) is 6.07 Å². The molecule has 0 aliphatic carbocycles. The summed E-state index contributed by atoms with van der Waals surface area (Å²) in [5.74, 6) is 0.115. The van der Waals surface area contributed by atoms with Crippen LogP contribution in [0.4, 0.5) is 10.2 Å². The van der Waals surface area contributed by atoms with E-state index in [9.17, 15) is 12.8 Å². The molecule has 112 valence electrons. The Balaban J connectivity index is 1.93. The highest BCUT2D eigenvalue weighted by Gasteiger charge is 2.13. The van der Waals surface area contributed by atoms with Crippen LogP contribution in [-0.2, 0) is 16.3 Å². The minimum absolute atomic E-state index is 0.191. The Hall–Kier alpha value is -1.95. The SMILES string of the molecule is CS(=O)(=O)c1cccnc1NCCCc1cccc(F)c1. The van der Waals surface area contributed by atoms with Gasteiger partial charge in [-0.2, -0.15) is 0 Å². The molecule has 4 nitrogen and oxygen atoms in total. The van der Waals surface area contributed by atoms with E-state index in [2.05, 4.69) is 10.3 Å². The molecule has 1 heterocycles. The predicted molar refractivity (Wildman–Crippen MR) is 80.6 cm³/mol. The fourth-order valence-corrected chi connectivity index (χ4v) is 2.82. The molecule has 0 radical (unpaired) electrons. The van der Waals surface area contributed by atoms with E-state index in [0.29, 0.717) is 18.8 Å². The van der Waals surface area contributed by atoms with Crippen molar-refractivity contribution in [2.24, 2.45) is 0 Å². The van der Waals surface area contributed by atoms with Crippen molar-refractivity contribution in [3.63, 3.8) is 0 Å². The molecule has 0 aliphatic rings. The highest BCUT2D eigenvalue weighted by molar-refractivity contribution is 7.90. The Morgan fingerprint density at radius 1 is 1.24 bits per heavy atom. The lowest BCUT2D eigenvalue weighted by molar-refractivity contribution is 0.601. The molecule has 0 bridgehead atoms. The number of hydrogen-bond donors (Lipinski definition) is 1. The largest absolute Gasteiger partial charge is 0.369 e. The number of aryl methyl sites for hydroxylation is 1. The molecular weight excluding hydrogens is 291 g/mol. The number of aromatic nitrogens is 1. The number of nitrogens with one attached hydrogen (secondary N) is 1. The van der Waals surface area contributed by atoms with Crippen molar-refractivity contribution in [2.75, 3.05) is 18.1 Å². The molecule has 0 atom stereocenters. The quantitative estimate of drug-likeness (QED) is 0.834. The molecular formula is C15H17FN2O2S. The molecule has 0 saturated carbocycles. The van der Waals surface area contributed by atoms with Crippen LogP contribution < -0.4 is 5.32 Å². The van der Waals surface area contributed by atoms with Crippen molar-refractivity contribution in [2.45, 2.75) is 17.7 Å². The third-order valence-corrected chi connectivity index (χ3v) is 4.12. The summed E-state index contributed by atoms with van der Waals surface area (Å²) < 4.78 is 36.3. The lowest BCUT2D eigenvalue weighted by Gasteiger charge is -2.09. The second-order valence-corrected chi connectivity index (χ2v) is 6.77. The molecule has 2 aromatic rings. The molecule has 1 aromatic carbocycles. The number of hydrogen-bond acceptors (Lipinski definition) is 4. The summed E-state index contributed by atoms with van der Waals surface area (Å²) in [5, 5.41) is 3.02. The number of anilines is 1. The lowest BCUT2D eigenvalue weighted by atomic mass is 10.1. The van der Waals surface area contributed by atoms with Gasteiger partial charge in [-0.1, -0.05) is 12.1 Å². The number of rotatable bonds is 6. The smallest absolute Gasteiger partial charge is 0.179 e. The number of pyridine rings is 1. The maximum Gasteiger partial charge on any atom is 0.179 e. The van der Waals surface area contributed by atoms with Gasteiger partial charge in [0, 0.05) is 19.0 Å². The molecule has 1 aromatic heterocycles. The first kappa shape index (κ1) is 15.4. The maximum atomic E-state index is 13.0. The normalized spacial score (nSPS) is 11.3. The maximum absolute atomic E-state index is 13.0. The highest BCUT2D eigenvalue weighted by Crippen LogP contribution is 2.17. The van der Waals surface area contributed by atoms with Crippen LogP contribution in [0.5, 0.6) is 0 Å². The first-order chi connectivity index (χ1) is 9.97. The van der Waals surface area contributed by atoms with Crippen molar-refractivity contribution in [3.8, 4) is 0 Å². The number of sulfone groups is 1. The minimum Gasteiger partial charge on any atom is -0.369 e. The second kappa shape index (κ2) is 6.67. The van der Waals surface area contributed by atoms with Crippen LogP contribution in [0.1, 0.15) is 12.0 Å². The average Bonchev–Trinajstić information content (AvgIpc) is 2.43. The van der Waals surface area contributed by atoms with Crippen LogP contribution in [0.15, 0.2) is 47.5 Å². The summed E-state index contributed by atoms with van der Waals surface area (Å²) in [6.45, 7) is 0.566. The summed E-state index contributed by atoms with van der Waals surface area (Å²) in [5.41, 5.74) is 0.918. The van der Waals surface area contributed by atoms with Crippen molar-refractivity contribution in [1.82, 2.24) is 4.98 Å². The fourth-order valence-electron chi connectivity index (χ4n) is 2.01. The zero-order chi connectivity index (χ0) is 15.3. The molecule has 0 aliphatic heterocycles. The van der Waals surface area contributed by atoms with E-state index in [1.165, 1.54) is 18.2 Å². The topological polar surface area (TPSA) is 59.1 Å². The van der Waals surface area contributed by atoms with E-state index >= 15 is 0 Å². The van der Waals surface area contributed by atoms with Crippen LogP contribution in [-0.4, -0.2) is 26.2 Å². The summed E-state index contributed by atoms with van der Waals surface area (Å²) >= 11 is 0. The molecule has 2 rings (SSSR count). The van der Waals surface area contributed by atoms with Crippen molar-refractivity contribution >= 4 is 15.7 Å². The van der Waals surface area contributed by atoms with Gasteiger partial charge in [-0.3, -0.25) is 0 Å². The second-order valence-electron chi connectivity index (χ2n) is 4.78. The highest BCUT2D eigenvalue weighted by atomic mass is 32.2. The summed E-state index contributed by atoms with van der Waals surface area (Å²) in [4.78, 5) is 4.24. The Morgan fingerprint density at radius 2 is 2.05 bits per heavy atom. The molecule has 6 heteroatoms.